The molecule has 1 amide bonds. The summed E-state index contributed by atoms with van der Waals surface area (Å²) >= 11 is 0. The van der Waals surface area contributed by atoms with Crippen molar-refractivity contribution in [3.8, 4) is 6.07 Å². The first-order valence-corrected chi connectivity index (χ1v) is 6.52. The predicted molar refractivity (Wildman–Crippen MR) is 72.2 cm³/mol. The Bertz CT molecular complexity index is 403. The molecule has 1 N–H and O–H groups in total. The van der Waals surface area contributed by atoms with Crippen molar-refractivity contribution in [3.63, 3.8) is 0 Å². The molecule has 18 heavy (non-hydrogen) atoms. The average molecular weight is 244 g/mol. The number of aryl methyl sites for hydroxylation is 1. The van der Waals surface area contributed by atoms with Crippen LogP contribution in [0.3, 0.4) is 0 Å². The van der Waals surface area contributed by atoms with Gasteiger partial charge in [-0.2, -0.15) is 5.26 Å². The molecule has 0 aliphatic rings. The van der Waals surface area contributed by atoms with Crippen molar-refractivity contribution in [2.45, 2.75) is 39.0 Å². The molecule has 0 saturated carbocycles. The molecular weight excluding hydrogens is 224 g/mol. The van der Waals surface area contributed by atoms with Crippen LogP contribution in [-0.4, -0.2) is 12.5 Å². The second-order valence-electron chi connectivity index (χ2n) is 4.32. The second kappa shape index (κ2) is 8.30. The van der Waals surface area contributed by atoms with Crippen molar-refractivity contribution in [1.82, 2.24) is 5.32 Å². The molecule has 0 spiro atoms. The Morgan fingerprint density at radius 2 is 2.00 bits per heavy atom. The molecule has 0 atom stereocenters. The van der Waals surface area contributed by atoms with Gasteiger partial charge < -0.3 is 5.32 Å². The number of unbranched alkanes of at least 4 members (excludes halogenated alkanes) is 2. The highest BCUT2D eigenvalue weighted by atomic mass is 16.1. The van der Waals surface area contributed by atoms with Crippen LogP contribution in [0.5, 0.6) is 0 Å². The van der Waals surface area contributed by atoms with Crippen LogP contribution < -0.4 is 5.32 Å². The van der Waals surface area contributed by atoms with E-state index < -0.39 is 0 Å². The summed E-state index contributed by atoms with van der Waals surface area (Å²) < 4.78 is 0. The van der Waals surface area contributed by atoms with Crippen LogP contribution >= 0.6 is 0 Å². The van der Waals surface area contributed by atoms with Gasteiger partial charge >= 0.3 is 0 Å². The molecule has 0 aliphatic heterocycles. The maximum Gasteiger partial charge on any atom is 0.251 e. The Morgan fingerprint density at radius 1 is 1.28 bits per heavy atom. The summed E-state index contributed by atoms with van der Waals surface area (Å²) in [7, 11) is 0. The highest BCUT2D eigenvalue weighted by Crippen LogP contribution is 2.08. The summed E-state index contributed by atoms with van der Waals surface area (Å²) in [5.41, 5.74) is 1.88. The van der Waals surface area contributed by atoms with Gasteiger partial charge in [0.05, 0.1) is 6.07 Å². The zero-order valence-electron chi connectivity index (χ0n) is 10.9. The zero-order valence-corrected chi connectivity index (χ0v) is 10.9. The first-order valence-electron chi connectivity index (χ1n) is 6.52. The number of carbonyl (C=O) groups excluding carboxylic acids is 1. The fourth-order valence-corrected chi connectivity index (χ4v) is 1.68. The number of carbonyl (C=O) groups is 1. The van der Waals surface area contributed by atoms with Gasteiger partial charge in [0.15, 0.2) is 0 Å². The van der Waals surface area contributed by atoms with Gasteiger partial charge in [-0.25, -0.2) is 0 Å². The van der Waals surface area contributed by atoms with E-state index in [4.69, 9.17) is 5.26 Å². The van der Waals surface area contributed by atoms with Gasteiger partial charge in [0.25, 0.3) is 5.91 Å². The van der Waals surface area contributed by atoms with Crippen molar-refractivity contribution in [2.24, 2.45) is 0 Å². The van der Waals surface area contributed by atoms with E-state index in [1.807, 2.05) is 24.3 Å². The Labute approximate surface area is 109 Å². The lowest BCUT2D eigenvalue weighted by Crippen LogP contribution is -2.24. The molecular formula is C15H20N2O. The molecule has 1 aromatic carbocycles. The molecule has 3 nitrogen and oxygen atoms in total. The number of rotatable bonds is 7. The van der Waals surface area contributed by atoms with E-state index in [1.165, 1.54) is 5.56 Å². The third-order valence-electron chi connectivity index (χ3n) is 2.79. The topological polar surface area (TPSA) is 52.9 Å². The van der Waals surface area contributed by atoms with E-state index in [1.54, 1.807) is 0 Å². The molecule has 1 rings (SSSR count). The van der Waals surface area contributed by atoms with Gasteiger partial charge in [-0.15, -0.1) is 0 Å². The van der Waals surface area contributed by atoms with Gasteiger partial charge in [-0.1, -0.05) is 25.5 Å². The van der Waals surface area contributed by atoms with Crippen LogP contribution in [0.1, 0.15) is 48.5 Å². The Kier molecular flexibility index (Phi) is 6.56. The maximum atomic E-state index is 11.7. The first kappa shape index (κ1) is 14.2. The van der Waals surface area contributed by atoms with Crippen LogP contribution in [-0.2, 0) is 6.42 Å². The smallest absolute Gasteiger partial charge is 0.251 e. The van der Waals surface area contributed by atoms with Crippen LogP contribution in [0.4, 0.5) is 0 Å². The van der Waals surface area contributed by atoms with Crippen molar-refractivity contribution < 1.29 is 4.79 Å². The summed E-state index contributed by atoms with van der Waals surface area (Å²) in [5.74, 6) is -0.00738. The normalized spacial score (nSPS) is 9.78. The van der Waals surface area contributed by atoms with Gasteiger partial charge in [-0.3, -0.25) is 4.79 Å². The summed E-state index contributed by atoms with van der Waals surface area (Å²) in [6.07, 6.45) is 4.44. The highest BCUT2D eigenvalue weighted by Gasteiger charge is 2.03. The molecule has 0 saturated heterocycles. The third kappa shape index (κ3) is 5.01. The van der Waals surface area contributed by atoms with Crippen molar-refractivity contribution >= 4 is 5.91 Å². The minimum absolute atomic E-state index is 0.00738. The SMILES string of the molecule is CCCCNC(=O)c1ccc(CCCC#N)cc1. The Balaban J connectivity index is 2.44. The standard InChI is InChI=1S/C15H20N2O/c1-2-3-12-17-15(18)14-9-7-13(8-10-14)6-4-5-11-16/h7-10H,2-6,12H2,1H3,(H,17,18). The Morgan fingerprint density at radius 3 is 2.61 bits per heavy atom. The van der Waals surface area contributed by atoms with E-state index >= 15 is 0 Å². The van der Waals surface area contributed by atoms with Gasteiger partial charge in [-0.05, 0) is 37.0 Å². The maximum absolute atomic E-state index is 11.7. The zero-order chi connectivity index (χ0) is 13.2. The van der Waals surface area contributed by atoms with Gasteiger partial charge in [0, 0.05) is 18.5 Å². The number of nitrogens with zero attached hydrogens (tertiary/aromatic N) is 1. The van der Waals surface area contributed by atoms with Gasteiger partial charge in [0.2, 0.25) is 0 Å². The lowest BCUT2D eigenvalue weighted by Gasteiger charge is -2.05. The lowest BCUT2D eigenvalue weighted by molar-refractivity contribution is 0.0953. The molecule has 0 fully saturated rings. The number of hydrogen-bond donors (Lipinski definition) is 1. The third-order valence-corrected chi connectivity index (χ3v) is 2.79. The number of nitrogens with one attached hydrogen (secondary N) is 1. The number of amides is 1. The minimum atomic E-state index is -0.00738. The second-order valence-corrected chi connectivity index (χ2v) is 4.32. The molecule has 0 unspecified atom stereocenters. The summed E-state index contributed by atoms with van der Waals surface area (Å²) in [6, 6.07) is 9.76. The quantitative estimate of drug-likeness (QED) is 0.749. The van der Waals surface area contributed by atoms with Crippen LogP contribution in [0.2, 0.25) is 0 Å². The van der Waals surface area contributed by atoms with Crippen molar-refractivity contribution in [2.75, 3.05) is 6.54 Å². The summed E-state index contributed by atoms with van der Waals surface area (Å²) in [5, 5.41) is 11.4. The van der Waals surface area contributed by atoms with Crippen LogP contribution in [0.15, 0.2) is 24.3 Å². The van der Waals surface area contributed by atoms with Crippen LogP contribution in [0.25, 0.3) is 0 Å². The molecule has 3 heteroatoms. The summed E-state index contributed by atoms with van der Waals surface area (Å²) in [4.78, 5) is 11.7. The average Bonchev–Trinajstić information content (AvgIpc) is 2.40. The van der Waals surface area contributed by atoms with Gasteiger partial charge in [0.1, 0.15) is 0 Å². The monoisotopic (exact) mass is 244 g/mol. The van der Waals surface area contributed by atoms with E-state index in [0.29, 0.717) is 12.0 Å². The van der Waals surface area contributed by atoms with Crippen molar-refractivity contribution in [3.05, 3.63) is 35.4 Å². The first-order chi connectivity index (χ1) is 8.77. The number of hydrogen-bond acceptors (Lipinski definition) is 2. The lowest BCUT2D eigenvalue weighted by atomic mass is 10.1. The molecule has 0 aromatic heterocycles. The fraction of sp³-hybridized carbons (Fsp3) is 0.467. The fourth-order valence-electron chi connectivity index (χ4n) is 1.68. The van der Waals surface area contributed by atoms with E-state index in [9.17, 15) is 4.79 Å². The highest BCUT2D eigenvalue weighted by molar-refractivity contribution is 5.94. The molecule has 0 radical (unpaired) electrons. The van der Waals surface area contributed by atoms with Crippen LogP contribution in [0, 0.1) is 11.3 Å². The van der Waals surface area contributed by atoms with E-state index in [0.717, 1.165) is 32.2 Å². The molecule has 0 aliphatic carbocycles. The van der Waals surface area contributed by atoms with E-state index in [2.05, 4.69) is 18.3 Å². The number of benzene rings is 1. The minimum Gasteiger partial charge on any atom is -0.352 e. The predicted octanol–water partition coefficient (Wildman–Crippen LogP) is 3.06. The molecule has 0 bridgehead atoms. The Hall–Kier alpha value is -1.82. The van der Waals surface area contributed by atoms with Crippen molar-refractivity contribution in [1.29, 1.82) is 5.26 Å². The largest absolute Gasteiger partial charge is 0.352 e. The van der Waals surface area contributed by atoms with E-state index in [-0.39, 0.29) is 5.91 Å². The number of nitriles is 1. The molecule has 0 heterocycles. The molecule has 96 valence electrons. The summed E-state index contributed by atoms with van der Waals surface area (Å²) in [6.45, 7) is 2.83. The molecule has 1 aromatic rings.